The number of aryl methyl sites for hydroxylation is 1. The molecule has 16 nitrogen and oxygen atoms in total. The van der Waals surface area contributed by atoms with Gasteiger partial charge in [0.25, 0.3) is 0 Å². The molecule has 1 unspecified atom stereocenters. The van der Waals surface area contributed by atoms with Gasteiger partial charge in [-0.2, -0.15) is 14.4 Å². The minimum absolute atomic E-state index is 0.0184. The summed E-state index contributed by atoms with van der Waals surface area (Å²) in [5.74, 6) is 1.84. The lowest BCUT2D eigenvalue weighted by Gasteiger charge is -2.36. The Hall–Kier alpha value is -4.97. The number of imide groups is 1. The third-order valence-electron chi connectivity index (χ3n) is 14.4. The minimum atomic E-state index is -3.72. The van der Waals surface area contributed by atoms with Crippen LogP contribution < -0.4 is 20.4 Å². The van der Waals surface area contributed by atoms with Gasteiger partial charge in [0.2, 0.25) is 27.8 Å². The van der Waals surface area contributed by atoms with Gasteiger partial charge in [0.1, 0.15) is 5.82 Å². The summed E-state index contributed by atoms with van der Waals surface area (Å²) >= 11 is 0. The molecule has 0 radical (unpaired) electrons. The van der Waals surface area contributed by atoms with Crippen LogP contribution in [0.1, 0.15) is 106 Å². The molecule has 2 saturated carbocycles. The molecule has 61 heavy (non-hydrogen) atoms. The highest BCUT2D eigenvalue weighted by molar-refractivity contribution is 7.89. The van der Waals surface area contributed by atoms with Crippen molar-refractivity contribution in [1.82, 2.24) is 34.3 Å². The lowest BCUT2D eigenvalue weighted by molar-refractivity contribution is -0.121. The Balaban J connectivity index is 0.755. The van der Waals surface area contributed by atoms with E-state index in [2.05, 4.69) is 44.7 Å². The number of anilines is 3. The van der Waals surface area contributed by atoms with Crippen LogP contribution in [0.3, 0.4) is 0 Å². The molecule has 6 heterocycles. The molecular formula is C44H54N10O6S. The number of aliphatic hydroxyl groups excluding tert-OH is 1. The van der Waals surface area contributed by atoms with Crippen LogP contribution in [0.2, 0.25) is 0 Å². The number of hydrogen-bond acceptors (Lipinski definition) is 11. The first kappa shape index (κ1) is 40.1. The van der Waals surface area contributed by atoms with E-state index in [9.17, 15) is 27.9 Å². The average molecular weight is 851 g/mol. The van der Waals surface area contributed by atoms with Gasteiger partial charge in [-0.05, 0) is 126 Å². The zero-order chi connectivity index (χ0) is 42.2. The number of benzene rings is 2. The highest BCUT2D eigenvalue weighted by atomic mass is 32.2. The maximum Gasteiger partial charge on any atom is 0.329 e. The van der Waals surface area contributed by atoms with Crippen molar-refractivity contribution in [3.8, 4) is 0 Å². The van der Waals surface area contributed by atoms with Crippen LogP contribution in [0, 0.1) is 0 Å². The van der Waals surface area contributed by atoms with E-state index in [4.69, 9.17) is 4.98 Å². The third kappa shape index (κ3) is 7.16. The van der Waals surface area contributed by atoms with E-state index in [-0.39, 0.29) is 36.4 Å². The fraction of sp³-hybridized carbons (Fsp3) is 0.545. The molecule has 6 aliphatic rings. The van der Waals surface area contributed by atoms with Crippen molar-refractivity contribution in [3.63, 3.8) is 0 Å². The van der Waals surface area contributed by atoms with Gasteiger partial charge in [-0.3, -0.25) is 34.3 Å². The molecule has 0 bridgehead atoms. The summed E-state index contributed by atoms with van der Waals surface area (Å²) in [6.45, 7) is 4.92. The molecule has 10 rings (SSSR count). The second kappa shape index (κ2) is 15.4. The second-order valence-electron chi connectivity index (χ2n) is 18.0. The van der Waals surface area contributed by atoms with E-state index in [0.717, 1.165) is 80.1 Å². The van der Waals surface area contributed by atoms with Crippen molar-refractivity contribution < 1.29 is 27.9 Å². The summed E-state index contributed by atoms with van der Waals surface area (Å²) in [7, 11) is -1.85. The molecule has 17 heteroatoms. The molecule has 4 amide bonds. The van der Waals surface area contributed by atoms with Crippen LogP contribution in [0.4, 0.5) is 22.4 Å². The SMILES string of the molecule is CC(c1cccc(S(=O)(=O)N2CCC(Nc3ncc4c(n3)N([C@@H]3CCC[C@@H](O)C3)C(=O)C43CC3)CC2)c1)N1CCC(c2ccc3c(N4CCC(=O)NC4=O)nn(C)c3c2)CC1. The van der Waals surface area contributed by atoms with Gasteiger partial charge < -0.3 is 10.4 Å². The summed E-state index contributed by atoms with van der Waals surface area (Å²) in [6.07, 6.45) is 9.39. The lowest BCUT2D eigenvalue weighted by Crippen LogP contribution is -2.49. The van der Waals surface area contributed by atoms with Crippen LogP contribution in [0.5, 0.6) is 0 Å². The van der Waals surface area contributed by atoms with Crippen molar-refractivity contribution >= 4 is 56.4 Å². The quantitative estimate of drug-likeness (QED) is 0.212. The van der Waals surface area contributed by atoms with Crippen molar-refractivity contribution in [3.05, 3.63) is 65.4 Å². The molecular weight excluding hydrogens is 797 g/mol. The van der Waals surface area contributed by atoms with Crippen LogP contribution in [-0.4, -0.2) is 111 Å². The Labute approximate surface area is 355 Å². The maximum atomic E-state index is 14.0. The van der Waals surface area contributed by atoms with Crippen molar-refractivity contribution in [2.24, 2.45) is 7.05 Å². The molecule has 5 fully saturated rings. The van der Waals surface area contributed by atoms with Gasteiger partial charge in [0.05, 0.1) is 21.9 Å². The number of hydrogen-bond donors (Lipinski definition) is 3. The van der Waals surface area contributed by atoms with Gasteiger partial charge >= 0.3 is 6.03 Å². The van der Waals surface area contributed by atoms with Gasteiger partial charge in [-0.25, -0.2) is 18.2 Å². The smallest absolute Gasteiger partial charge is 0.329 e. The van der Waals surface area contributed by atoms with Crippen molar-refractivity contribution in [2.75, 3.05) is 47.8 Å². The fourth-order valence-corrected chi connectivity index (χ4v) is 12.1. The largest absolute Gasteiger partial charge is 0.393 e. The number of rotatable bonds is 9. The molecule has 3 N–H and O–H groups in total. The fourth-order valence-electron chi connectivity index (χ4n) is 10.5. The molecule has 2 aromatic carbocycles. The van der Waals surface area contributed by atoms with Gasteiger partial charge in [-0.1, -0.05) is 18.2 Å². The monoisotopic (exact) mass is 850 g/mol. The first-order valence-corrected chi connectivity index (χ1v) is 23.4. The summed E-state index contributed by atoms with van der Waals surface area (Å²) in [4.78, 5) is 53.5. The Bertz CT molecular complexity index is 2510. The van der Waals surface area contributed by atoms with E-state index >= 15 is 0 Å². The summed E-state index contributed by atoms with van der Waals surface area (Å²) in [6, 6.07) is 13.2. The zero-order valence-corrected chi connectivity index (χ0v) is 35.6. The first-order valence-electron chi connectivity index (χ1n) is 22.0. The van der Waals surface area contributed by atoms with E-state index in [1.807, 2.05) is 36.2 Å². The molecule has 4 aliphatic heterocycles. The second-order valence-corrected chi connectivity index (χ2v) is 20.0. The first-order chi connectivity index (χ1) is 29.4. The minimum Gasteiger partial charge on any atom is -0.393 e. The third-order valence-corrected chi connectivity index (χ3v) is 16.2. The maximum absolute atomic E-state index is 14.0. The zero-order valence-electron chi connectivity index (χ0n) is 34.8. The number of aliphatic hydroxyl groups is 1. The molecule has 322 valence electrons. The number of carbonyl (C=O) groups excluding carboxylic acids is 3. The molecule has 3 saturated heterocycles. The highest BCUT2D eigenvalue weighted by Gasteiger charge is 2.61. The van der Waals surface area contributed by atoms with Crippen molar-refractivity contribution in [1.29, 1.82) is 0 Å². The van der Waals surface area contributed by atoms with Crippen molar-refractivity contribution in [2.45, 2.75) is 118 Å². The molecule has 4 aromatic rings. The number of sulfonamides is 1. The number of amides is 4. The number of nitrogens with one attached hydrogen (secondary N) is 2. The number of aromatic nitrogens is 4. The average Bonchev–Trinajstić information content (AvgIpc) is 3.96. The number of carbonyl (C=O) groups is 3. The summed E-state index contributed by atoms with van der Waals surface area (Å²) < 4.78 is 31.5. The molecule has 3 atom stereocenters. The van der Waals surface area contributed by atoms with Gasteiger partial charge in [-0.15, -0.1) is 0 Å². The number of nitrogens with zero attached hydrogens (tertiary/aromatic N) is 8. The predicted octanol–water partition coefficient (Wildman–Crippen LogP) is 4.70. The summed E-state index contributed by atoms with van der Waals surface area (Å²) in [5.41, 5.74) is 3.53. The Kier molecular flexibility index (Phi) is 10.2. The molecule has 1 spiro atoms. The number of piperidine rings is 2. The Morgan fingerprint density at radius 1 is 0.934 bits per heavy atom. The number of fused-ring (bicyclic) bond motifs is 3. The van der Waals surface area contributed by atoms with E-state index in [1.54, 1.807) is 21.3 Å². The Morgan fingerprint density at radius 2 is 1.72 bits per heavy atom. The topological polar surface area (TPSA) is 186 Å². The van der Waals surface area contributed by atoms with E-state index < -0.39 is 27.6 Å². The predicted molar refractivity (Wildman–Crippen MR) is 229 cm³/mol. The van der Waals surface area contributed by atoms with Crippen LogP contribution in [0.25, 0.3) is 10.9 Å². The molecule has 2 aromatic heterocycles. The Morgan fingerprint density at radius 3 is 2.46 bits per heavy atom. The normalized spacial score (nSPS) is 24.7. The lowest BCUT2D eigenvalue weighted by atomic mass is 9.88. The van der Waals surface area contributed by atoms with Crippen LogP contribution in [0.15, 0.2) is 53.6 Å². The van der Waals surface area contributed by atoms with Crippen LogP contribution >= 0.6 is 0 Å². The number of likely N-dealkylation sites (tertiary alicyclic amines) is 1. The highest BCUT2D eigenvalue weighted by Crippen LogP contribution is 2.57. The van der Waals surface area contributed by atoms with Crippen LogP contribution in [-0.2, 0) is 32.1 Å². The van der Waals surface area contributed by atoms with Gasteiger partial charge in [0, 0.05) is 68.4 Å². The van der Waals surface area contributed by atoms with E-state index in [0.29, 0.717) is 67.3 Å². The van der Waals surface area contributed by atoms with Gasteiger partial charge in [0.15, 0.2) is 5.82 Å². The van der Waals surface area contributed by atoms with E-state index in [1.165, 1.54) is 10.5 Å². The summed E-state index contributed by atoms with van der Waals surface area (Å²) in [5, 5.41) is 21.7. The standard InChI is InChI=1S/C44H54N10O6S/c1-27(51-18-11-28(12-19-51)30-9-10-35-37(24-30)50(2)49-39(35)53-22-15-38(56)47-43(53)58)29-5-3-8-34(23-29)61(59,60)52-20-13-31(14-21-52)46-42-45-26-36-40(48-42)54(41(57)44(36)16-17-44)32-6-4-7-33(55)25-32/h3,5,8-10,23-24,26-28,31-33,55H,4,6-7,11-22,25H2,1-2H3,(H,45,46,48)(H,47,56,58)/t27?,32-,33-/m1/s1. The molecule has 2 aliphatic carbocycles. The number of urea groups is 1.